The number of aromatic hydroxyl groups is 1. The molecule has 1 heterocycles. The summed E-state index contributed by atoms with van der Waals surface area (Å²) in [6.07, 6.45) is 3.77. The summed E-state index contributed by atoms with van der Waals surface area (Å²) in [7, 11) is 0. The molecule has 1 aliphatic carbocycles. The quantitative estimate of drug-likeness (QED) is 0.492. The monoisotopic (exact) mass is 304 g/mol. The number of rotatable bonds is 2. The van der Waals surface area contributed by atoms with Gasteiger partial charge in [-0.2, -0.15) is 5.10 Å². The minimum absolute atomic E-state index is 0.0480. The van der Waals surface area contributed by atoms with Crippen molar-refractivity contribution in [3.05, 3.63) is 24.3 Å². The molecule has 1 saturated heterocycles. The van der Waals surface area contributed by atoms with Crippen molar-refractivity contribution < 1.29 is 24.2 Å². The number of carbonyl (C=O) groups is 2. The van der Waals surface area contributed by atoms with E-state index in [2.05, 4.69) is 10.5 Å². The third-order valence-electron chi connectivity index (χ3n) is 3.75. The number of hydrazone groups is 1. The Labute approximate surface area is 126 Å². The van der Waals surface area contributed by atoms with Gasteiger partial charge in [-0.15, -0.1) is 0 Å². The zero-order valence-corrected chi connectivity index (χ0v) is 11.9. The molecule has 0 bridgehead atoms. The Morgan fingerprint density at radius 2 is 1.68 bits per heavy atom. The Morgan fingerprint density at radius 3 is 2.32 bits per heavy atom. The van der Waals surface area contributed by atoms with Gasteiger partial charge in [0.1, 0.15) is 5.75 Å². The van der Waals surface area contributed by atoms with E-state index in [0.29, 0.717) is 12.8 Å². The summed E-state index contributed by atoms with van der Waals surface area (Å²) in [6, 6.07) is 6.33. The zero-order chi connectivity index (χ0) is 15.6. The molecule has 1 aliphatic heterocycles. The molecule has 7 nitrogen and oxygen atoms in total. The van der Waals surface area contributed by atoms with Crippen LogP contribution < -0.4 is 5.43 Å². The fraction of sp³-hybridized carbons (Fsp3) is 0.400. The SMILES string of the molecule is O=C1OC2(CCCCC2)OC(=O)C1=NNc1ccccc1O. The molecule has 2 N–H and O–H groups in total. The Balaban J connectivity index is 1.75. The van der Waals surface area contributed by atoms with E-state index in [0.717, 1.165) is 19.3 Å². The van der Waals surface area contributed by atoms with E-state index in [9.17, 15) is 14.7 Å². The van der Waals surface area contributed by atoms with Gasteiger partial charge in [0, 0.05) is 12.8 Å². The lowest BCUT2D eigenvalue weighted by atomic mass is 9.93. The molecule has 3 rings (SSSR count). The van der Waals surface area contributed by atoms with Gasteiger partial charge in [0.05, 0.1) is 5.69 Å². The molecule has 1 aromatic rings. The van der Waals surface area contributed by atoms with Crippen LogP contribution in [-0.2, 0) is 19.1 Å². The number of esters is 2. The Morgan fingerprint density at radius 1 is 1.05 bits per heavy atom. The fourth-order valence-electron chi connectivity index (χ4n) is 2.61. The van der Waals surface area contributed by atoms with E-state index >= 15 is 0 Å². The Bertz CT molecular complexity index is 613. The van der Waals surface area contributed by atoms with Gasteiger partial charge in [-0.05, 0) is 25.0 Å². The second kappa shape index (κ2) is 5.67. The van der Waals surface area contributed by atoms with Gasteiger partial charge >= 0.3 is 11.9 Å². The number of nitrogens with zero attached hydrogens (tertiary/aromatic N) is 1. The lowest BCUT2D eigenvalue weighted by Gasteiger charge is -2.38. The lowest BCUT2D eigenvalue weighted by molar-refractivity contribution is -0.237. The molecule has 7 heteroatoms. The van der Waals surface area contributed by atoms with Crippen molar-refractivity contribution in [2.75, 3.05) is 5.43 Å². The number of ether oxygens (including phenoxy) is 2. The van der Waals surface area contributed by atoms with Crippen LogP contribution in [0.2, 0.25) is 0 Å². The van der Waals surface area contributed by atoms with Crippen molar-refractivity contribution in [2.45, 2.75) is 37.9 Å². The Kier molecular flexibility index (Phi) is 3.70. The predicted molar refractivity (Wildman–Crippen MR) is 77.2 cm³/mol. The molecule has 2 aliphatic rings. The lowest BCUT2D eigenvalue weighted by Crippen LogP contribution is -2.51. The summed E-state index contributed by atoms with van der Waals surface area (Å²) in [6.45, 7) is 0. The van der Waals surface area contributed by atoms with E-state index in [1.807, 2.05) is 0 Å². The molecule has 0 amide bonds. The highest BCUT2D eigenvalue weighted by Crippen LogP contribution is 2.35. The fourth-order valence-corrected chi connectivity index (χ4v) is 2.61. The second-order valence-electron chi connectivity index (χ2n) is 5.34. The van der Waals surface area contributed by atoms with Crippen molar-refractivity contribution in [3.63, 3.8) is 0 Å². The summed E-state index contributed by atoms with van der Waals surface area (Å²) < 4.78 is 10.6. The maximum absolute atomic E-state index is 12.0. The predicted octanol–water partition coefficient (Wildman–Crippen LogP) is 1.92. The number of hydrogen-bond donors (Lipinski definition) is 2. The smallest absolute Gasteiger partial charge is 0.369 e. The highest BCUT2D eigenvalue weighted by atomic mass is 16.7. The van der Waals surface area contributed by atoms with E-state index in [-0.39, 0.29) is 11.4 Å². The van der Waals surface area contributed by atoms with Gasteiger partial charge in [-0.1, -0.05) is 18.6 Å². The molecule has 22 heavy (non-hydrogen) atoms. The largest absolute Gasteiger partial charge is 0.506 e. The van der Waals surface area contributed by atoms with Crippen molar-refractivity contribution in [1.82, 2.24) is 0 Å². The molecule has 1 saturated carbocycles. The van der Waals surface area contributed by atoms with Gasteiger partial charge in [-0.25, -0.2) is 9.59 Å². The maximum atomic E-state index is 12.0. The van der Waals surface area contributed by atoms with Crippen LogP contribution in [0.3, 0.4) is 0 Å². The first-order chi connectivity index (χ1) is 10.6. The highest BCUT2D eigenvalue weighted by molar-refractivity contribution is 6.63. The molecule has 116 valence electrons. The molecule has 0 radical (unpaired) electrons. The average molecular weight is 304 g/mol. The number of phenols is 1. The number of hydrogen-bond acceptors (Lipinski definition) is 7. The Hall–Kier alpha value is -2.57. The van der Waals surface area contributed by atoms with Crippen LogP contribution in [0.1, 0.15) is 32.1 Å². The summed E-state index contributed by atoms with van der Waals surface area (Å²) in [5, 5.41) is 13.3. The summed E-state index contributed by atoms with van der Waals surface area (Å²) in [4.78, 5) is 24.1. The van der Waals surface area contributed by atoms with Crippen LogP contribution in [0.4, 0.5) is 5.69 Å². The number of benzene rings is 1. The zero-order valence-electron chi connectivity index (χ0n) is 11.9. The highest BCUT2D eigenvalue weighted by Gasteiger charge is 2.47. The van der Waals surface area contributed by atoms with Crippen molar-refractivity contribution in [2.24, 2.45) is 5.10 Å². The molecular weight excluding hydrogens is 288 g/mol. The molecule has 0 aromatic heterocycles. The number of nitrogens with one attached hydrogen (secondary N) is 1. The summed E-state index contributed by atoms with van der Waals surface area (Å²) in [5.74, 6) is -2.78. The topological polar surface area (TPSA) is 97.2 Å². The number of anilines is 1. The molecule has 0 unspecified atom stereocenters. The number of para-hydroxylation sites is 2. The third kappa shape index (κ3) is 2.74. The molecule has 2 fully saturated rings. The van der Waals surface area contributed by atoms with Gasteiger partial charge in [0.2, 0.25) is 0 Å². The van der Waals surface area contributed by atoms with Gasteiger partial charge in [-0.3, -0.25) is 5.43 Å². The molecular formula is C15H16N2O5. The summed E-state index contributed by atoms with van der Waals surface area (Å²) in [5.41, 5.74) is 2.28. The number of carbonyl (C=O) groups excluding carboxylic acids is 2. The standard InChI is InChI=1S/C15H16N2O5/c18-11-7-3-2-6-10(11)16-17-12-13(19)21-15(22-14(12)20)8-4-1-5-9-15/h2-3,6-7,16,18H,1,4-5,8-9H2. The first-order valence-corrected chi connectivity index (χ1v) is 7.18. The van der Waals surface area contributed by atoms with E-state index in [1.165, 1.54) is 6.07 Å². The third-order valence-corrected chi connectivity index (χ3v) is 3.75. The van der Waals surface area contributed by atoms with Crippen LogP contribution in [-0.4, -0.2) is 28.5 Å². The van der Waals surface area contributed by atoms with Crippen LogP contribution in [0, 0.1) is 0 Å². The average Bonchev–Trinajstić information content (AvgIpc) is 2.49. The van der Waals surface area contributed by atoms with Crippen LogP contribution in [0.5, 0.6) is 5.75 Å². The van der Waals surface area contributed by atoms with Gasteiger partial charge in [0.25, 0.3) is 11.5 Å². The van der Waals surface area contributed by atoms with E-state index in [1.54, 1.807) is 18.2 Å². The van der Waals surface area contributed by atoms with Crippen LogP contribution in [0.15, 0.2) is 29.4 Å². The van der Waals surface area contributed by atoms with E-state index < -0.39 is 23.4 Å². The van der Waals surface area contributed by atoms with Crippen molar-refractivity contribution in [1.29, 1.82) is 0 Å². The summed E-state index contributed by atoms with van der Waals surface area (Å²) >= 11 is 0. The second-order valence-corrected chi connectivity index (χ2v) is 5.34. The minimum Gasteiger partial charge on any atom is -0.506 e. The van der Waals surface area contributed by atoms with Gasteiger partial charge in [0.15, 0.2) is 0 Å². The van der Waals surface area contributed by atoms with Crippen LogP contribution >= 0.6 is 0 Å². The normalized spacial score (nSPS) is 20.3. The van der Waals surface area contributed by atoms with Crippen LogP contribution in [0.25, 0.3) is 0 Å². The minimum atomic E-state index is -1.12. The molecule has 1 aromatic carbocycles. The first kappa shape index (κ1) is 14.4. The number of phenolic OH excluding ortho intramolecular Hbond substituents is 1. The molecule has 0 atom stereocenters. The van der Waals surface area contributed by atoms with Crippen molar-refractivity contribution in [3.8, 4) is 5.75 Å². The van der Waals surface area contributed by atoms with E-state index in [4.69, 9.17) is 9.47 Å². The van der Waals surface area contributed by atoms with Crippen molar-refractivity contribution >= 4 is 23.3 Å². The molecule has 1 spiro atoms. The maximum Gasteiger partial charge on any atom is 0.369 e. The first-order valence-electron chi connectivity index (χ1n) is 7.18. The van der Waals surface area contributed by atoms with Gasteiger partial charge < -0.3 is 14.6 Å².